The van der Waals surface area contributed by atoms with Gasteiger partial charge in [0.05, 0.1) is 109 Å². The second-order valence-electron chi connectivity index (χ2n) is 29.0. The van der Waals surface area contributed by atoms with E-state index in [1.807, 2.05) is 66.7 Å². The van der Waals surface area contributed by atoms with Gasteiger partial charge in [-0.25, -0.2) is 38.1 Å². The Bertz CT molecular complexity index is 6240. The minimum atomic E-state index is -1.32. The number of hydrogen-bond donors (Lipinski definition) is 6. The van der Waals surface area contributed by atoms with Crippen molar-refractivity contribution in [1.29, 1.82) is 0 Å². The van der Waals surface area contributed by atoms with Crippen LogP contribution in [0.1, 0.15) is 76.1 Å². The predicted molar refractivity (Wildman–Crippen MR) is 446 cm³/mol. The highest BCUT2D eigenvalue weighted by Crippen LogP contribution is 2.35. The topological polar surface area (TPSA) is 370 Å². The van der Waals surface area contributed by atoms with Crippen LogP contribution < -0.4 is 26.6 Å². The third-order valence-corrected chi connectivity index (χ3v) is 21.6. The maximum absolute atomic E-state index is 14.6. The Hall–Kier alpha value is -14.3. The molecule has 0 spiro atoms. The molecule has 5 aromatic carbocycles. The van der Waals surface area contributed by atoms with Crippen molar-refractivity contribution in [2.24, 2.45) is 0 Å². The van der Waals surface area contributed by atoms with Gasteiger partial charge in [0.1, 0.15) is 67.9 Å². The SMILES string of the molecule is CC(=O)c1cn(CC(=O)N2C[C@H](F)C[C@H]2C(=O)Cc2nc(-c3ccccc3Cl)ns2)c2ccc(Nc3cccnc3)cc12.CC(=O)c1cn(CC(=O)N2C[C@H](F)C[C@H]2C(=O)Nc2ccc3cn[nH]c3c2)c2ccc(Nc3cncnc3)cc12.CC(=O)c1cn(CC(=O)N2C[C@H](F)C[C@H]2C(=O)Nc2cccnc2)c2ccc(Nc3cncnc3)cc12. The molecule has 14 aromatic rings. The molecule has 0 bridgehead atoms. The van der Waals surface area contributed by atoms with Crippen LogP contribution in [0.15, 0.2) is 208 Å². The third kappa shape index (κ3) is 18.4. The van der Waals surface area contributed by atoms with Crippen LogP contribution in [0.25, 0.3) is 55.0 Å². The summed E-state index contributed by atoms with van der Waals surface area (Å²) in [6.45, 7) is 3.42. The lowest BCUT2D eigenvalue weighted by Gasteiger charge is -2.24. The van der Waals surface area contributed by atoms with Gasteiger partial charge in [0.2, 0.25) is 29.5 Å². The summed E-state index contributed by atoms with van der Waals surface area (Å²) in [5.74, 6) is -2.52. The molecule has 12 heterocycles. The summed E-state index contributed by atoms with van der Waals surface area (Å²) in [4.78, 5) is 149. The van der Waals surface area contributed by atoms with Gasteiger partial charge >= 0.3 is 0 Å². The zero-order valence-electron chi connectivity index (χ0n) is 64.5. The number of ketones is 4. The average Bonchev–Trinajstić information content (AvgIpc) is 1.63. The molecule has 0 unspecified atom stereocenters. The van der Waals surface area contributed by atoms with Crippen molar-refractivity contribution in [3.63, 3.8) is 0 Å². The Morgan fingerprint density at radius 1 is 0.467 bits per heavy atom. The van der Waals surface area contributed by atoms with Crippen LogP contribution in [0, 0.1) is 0 Å². The van der Waals surface area contributed by atoms with Crippen LogP contribution in [0.5, 0.6) is 0 Å². The number of H-pyrrole nitrogens is 1. The first-order valence-corrected chi connectivity index (χ1v) is 39.1. The van der Waals surface area contributed by atoms with Gasteiger partial charge in [0.25, 0.3) is 0 Å². The van der Waals surface area contributed by atoms with E-state index in [2.05, 4.69) is 76.0 Å². The van der Waals surface area contributed by atoms with Crippen molar-refractivity contribution in [3.8, 4) is 11.4 Å². The number of aromatic amines is 1. The largest absolute Gasteiger partial charge is 0.354 e. The second-order valence-corrected chi connectivity index (χ2v) is 30.2. The van der Waals surface area contributed by atoms with Crippen molar-refractivity contribution < 1.29 is 56.3 Å². The molecular weight excluding hydrogens is 1580 g/mol. The maximum Gasteiger partial charge on any atom is 0.247 e. The van der Waals surface area contributed by atoms with Crippen LogP contribution >= 0.6 is 23.1 Å². The summed E-state index contributed by atoms with van der Waals surface area (Å²) >= 11 is 7.33. The highest BCUT2D eigenvalue weighted by atomic mass is 35.5. The molecule has 0 saturated carbocycles. The number of fused-ring (bicyclic) bond motifs is 4. The van der Waals surface area contributed by atoms with Gasteiger partial charge in [-0.05, 0) is 141 Å². The number of hydrogen-bond acceptors (Lipinski definition) is 22. The monoisotopic (exact) mass is 1660 g/mol. The number of carbonyl (C=O) groups is 9. The van der Waals surface area contributed by atoms with Crippen LogP contribution in [0.3, 0.4) is 0 Å². The van der Waals surface area contributed by atoms with Crippen molar-refractivity contribution in [2.45, 2.75) is 103 Å². The standard InChI is InChI=1S/C31H26ClFN6O3S.C28H25FN8O3.C26H24FN7O3/c1-18(40)24-16-38(26-9-8-20(12-23(24)26)35-21-5-4-10-34-14-21)17-30(42)39-15-19(33)11-27(39)28(41)13-29-36-31(37-43-29)22-6-2-3-7-25(22)32;1-16(38)23-13-36(25-5-4-19(7-22(23)25)33-21-10-30-15-31-11-21)14-27(39)37-12-18(29)6-26(37)28(40)34-20-3-2-17-9-32-35-24(17)8-20;1-16(35)22-13-33(23-5-4-18(8-21(22)23)31-20-10-29-15-30-11-20)14-25(36)34-12-17(27)7-24(34)26(37)32-19-3-2-6-28-9-19/h2-10,12,14,16,19,27,35H,11,13,15,17H2,1H3;2-5,7-11,13,15,18,26,33H,6,12,14H2,1H3,(H,32,35)(H,34,40);2-6,8-11,13,15,17,24,31H,7,12,14H2,1H3,(H,32,37)/t19-,27+;18-,26+;17-,24+/m111/s1. The number of rotatable bonds is 23. The van der Waals surface area contributed by atoms with Crippen molar-refractivity contribution >= 4 is 165 Å². The molecule has 6 N–H and O–H groups in total. The Balaban J connectivity index is 0.000000141. The zero-order chi connectivity index (χ0) is 83.8. The lowest BCUT2D eigenvalue weighted by molar-refractivity contribution is -0.137. The number of amides is 5. The molecule has 17 rings (SSSR count). The minimum Gasteiger partial charge on any atom is -0.354 e. The van der Waals surface area contributed by atoms with Crippen LogP contribution in [-0.4, -0.2) is 187 Å². The number of benzene rings is 5. The van der Waals surface area contributed by atoms with E-state index in [4.69, 9.17) is 11.6 Å². The highest BCUT2D eigenvalue weighted by molar-refractivity contribution is 7.05. The van der Waals surface area contributed by atoms with Crippen molar-refractivity contribution in [1.82, 2.24) is 77.9 Å². The number of aromatic nitrogens is 13. The molecule has 3 aliphatic heterocycles. The fourth-order valence-electron chi connectivity index (χ4n) is 15.0. The molecular formula is C85H75ClF3N21O9S. The average molecular weight is 1660 g/mol. The fraction of sp³-hybridized carbons (Fsp3) is 0.224. The normalized spacial score (nSPS) is 16.8. The lowest BCUT2D eigenvalue weighted by Crippen LogP contribution is -2.44. The van der Waals surface area contributed by atoms with Gasteiger partial charge in [0, 0.05) is 133 Å². The zero-order valence-corrected chi connectivity index (χ0v) is 66.0. The summed E-state index contributed by atoms with van der Waals surface area (Å²) in [5.41, 5.74) is 10.1. The van der Waals surface area contributed by atoms with E-state index in [1.54, 1.807) is 136 Å². The van der Waals surface area contributed by atoms with E-state index in [0.29, 0.717) is 93.6 Å². The molecule has 608 valence electrons. The lowest BCUT2D eigenvalue weighted by atomic mass is 10.1. The van der Waals surface area contributed by atoms with Gasteiger partial charge < -0.3 is 55.0 Å². The first-order valence-electron chi connectivity index (χ1n) is 38.0. The van der Waals surface area contributed by atoms with Gasteiger partial charge in [0.15, 0.2) is 29.0 Å². The number of nitrogens with one attached hydrogen (secondary N) is 6. The molecule has 0 radical (unpaired) electrons. The fourth-order valence-corrected chi connectivity index (χ4v) is 15.8. The van der Waals surface area contributed by atoms with Crippen LogP contribution in [0.4, 0.5) is 58.7 Å². The summed E-state index contributed by atoms with van der Waals surface area (Å²) in [5, 5.41) is 25.8. The van der Waals surface area contributed by atoms with E-state index in [0.717, 1.165) is 45.2 Å². The molecule has 120 heavy (non-hydrogen) atoms. The van der Waals surface area contributed by atoms with Crippen LogP contribution in [-0.2, 0) is 54.8 Å². The Labute approximate surface area is 690 Å². The number of likely N-dealkylation sites (tertiary alicyclic amines) is 3. The van der Waals surface area contributed by atoms with E-state index in [-0.39, 0.29) is 88.1 Å². The number of Topliss-reactive ketones (excluding diaryl/α,β-unsaturated/α-hetero) is 4. The molecule has 35 heteroatoms. The molecule has 3 saturated heterocycles. The number of halogens is 4. The smallest absolute Gasteiger partial charge is 0.247 e. The van der Waals surface area contributed by atoms with Gasteiger partial charge in [-0.2, -0.15) is 9.47 Å². The molecule has 3 aliphatic rings. The Kier molecular flexibility index (Phi) is 24.0. The van der Waals surface area contributed by atoms with E-state index < -0.39 is 66.2 Å². The summed E-state index contributed by atoms with van der Waals surface area (Å²) in [7, 11) is 0. The number of nitrogens with zero attached hydrogens (tertiary/aromatic N) is 15. The van der Waals surface area contributed by atoms with Gasteiger partial charge in [-0.15, -0.1) is 0 Å². The number of carbonyl (C=O) groups excluding carboxylic acids is 9. The van der Waals surface area contributed by atoms with Gasteiger partial charge in [-0.1, -0.05) is 23.7 Å². The van der Waals surface area contributed by atoms with Crippen LogP contribution in [0.2, 0.25) is 5.02 Å². The third-order valence-electron chi connectivity index (χ3n) is 20.6. The van der Waals surface area contributed by atoms with E-state index in [9.17, 15) is 56.3 Å². The maximum atomic E-state index is 14.6. The molecule has 5 amide bonds. The molecule has 0 aliphatic carbocycles. The number of anilines is 8. The quantitative estimate of drug-likeness (QED) is 0.0324. The summed E-state index contributed by atoms with van der Waals surface area (Å²) < 4.78 is 52.8. The first kappa shape index (κ1) is 80.9. The highest BCUT2D eigenvalue weighted by Gasteiger charge is 2.43. The second kappa shape index (κ2) is 35.7. The molecule has 3 fully saturated rings. The minimum absolute atomic E-state index is 0.0725. The van der Waals surface area contributed by atoms with Crippen molar-refractivity contribution in [2.75, 3.05) is 46.2 Å². The summed E-state index contributed by atoms with van der Waals surface area (Å²) in [6, 6.07) is 33.0. The predicted octanol–water partition coefficient (Wildman–Crippen LogP) is 13.1. The van der Waals surface area contributed by atoms with Crippen molar-refractivity contribution in [3.05, 3.63) is 235 Å². The Morgan fingerprint density at radius 3 is 1.35 bits per heavy atom. The van der Waals surface area contributed by atoms with Gasteiger partial charge in [-0.3, -0.25) is 58.2 Å². The molecule has 30 nitrogen and oxygen atoms in total. The Morgan fingerprint density at radius 2 is 0.892 bits per heavy atom. The molecule has 6 atom stereocenters. The number of alkyl halides is 3. The summed E-state index contributed by atoms with van der Waals surface area (Å²) in [6.07, 6.45) is 18.1. The molecule has 9 aromatic heterocycles. The van der Waals surface area contributed by atoms with E-state index in [1.165, 1.54) is 54.3 Å². The number of pyridine rings is 2. The van der Waals surface area contributed by atoms with E-state index >= 15 is 0 Å². The first-order chi connectivity index (χ1) is 58.0.